The number of nitrogens with one attached hydrogen (secondary N) is 1. The van der Waals surface area contributed by atoms with Crippen LogP contribution in [0.2, 0.25) is 0 Å². The maximum atomic E-state index is 11.2. The summed E-state index contributed by atoms with van der Waals surface area (Å²) in [5.74, 6) is -1.01. The quantitative estimate of drug-likeness (QED) is 0.827. The lowest BCUT2D eigenvalue weighted by atomic mass is 10.3. The Morgan fingerprint density at radius 1 is 1.50 bits per heavy atom. The molecule has 0 radical (unpaired) electrons. The molecule has 0 aliphatic heterocycles. The van der Waals surface area contributed by atoms with Crippen molar-refractivity contribution in [3.8, 4) is 0 Å². The Balaban J connectivity index is 2.45. The summed E-state index contributed by atoms with van der Waals surface area (Å²) in [7, 11) is 0. The van der Waals surface area contributed by atoms with E-state index in [-0.39, 0.29) is 11.6 Å². The van der Waals surface area contributed by atoms with Crippen molar-refractivity contribution in [2.24, 2.45) is 0 Å². The van der Waals surface area contributed by atoms with E-state index in [0.29, 0.717) is 5.69 Å². The topological polar surface area (TPSA) is 88.5 Å². The number of carbonyl (C=O) groups excluding carboxylic acids is 1. The van der Waals surface area contributed by atoms with Gasteiger partial charge >= 0.3 is 12.1 Å². The maximum absolute atomic E-state index is 11.2. The van der Waals surface area contributed by atoms with E-state index in [1.54, 1.807) is 0 Å². The van der Waals surface area contributed by atoms with Crippen LogP contribution < -0.4 is 5.32 Å². The summed E-state index contributed by atoms with van der Waals surface area (Å²) in [6.07, 6.45) is -1.06. The third-order valence-electron chi connectivity index (χ3n) is 1.46. The molecule has 0 bridgehead atoms. The van der Waals surface area contributed by atoms with Crippen molar-refractivity contribution in [3.63, 3.8) is 0 Å². The second-order valence-electron chi connectivity index (χ2n) is 3.03. The average molecular weight is 334 g/mol. The number of ether oxygens (including phenoxy) is 1. The summed E-state index contributed by atoms with van der Waals surface area (Å²) in [4.78, 5) is 25.5. The fraction of sp³-hybridized carbons (Fsp3) is 0.375. The van der Waals surface area contributed by atoms with Gasteiger partial charge in [-0.15, -0.1) is 11.3 Å². The van der Waals surface area contributed by atoms with Crippen LogP contribution in [-0.2, 0) is 16.0 Å². The SMILES string of the molecule is O=C(O)Cc1csc(NC(=O)OCC(Cl)(Cl)Cl)n1. The van der Waals surface area contributed by atoms with Gasteiger partial charge in [0.25, 0.3) is 0 Å². The van der Waals surface area contributed by atoms with Gasteiger partial charge in [0.15, 0.2) is 5.13 Å². The van der Waals surface area contributed by atoms with Crippen LogP contribution in [0, 0.1) is 0 Å². The van der Waals surface area contributed by atoms with Crippen LogP contribution in [0.3, 0.4) is 0 Å². The Bertz CT molecular complexity index is 446. The van der Waals surface area contributed by atoms with Crippen molar-refractivity contribution in [1.82, 2.24) is 4.98 Å². The fourth-order valence-electron chi connectivity index (χ4n) is 0.871. The monoisotopic (exact) mass is 332 g/mol. The third-order valence-corrected chi connectivity index (χ3v) is 2.59. The molecule has 1 heterocycles. The van der Waals surface area contributed by atoms with Crippen LogP contribution in [0.5, 0.6) is 0 Å². The molecule has 0 aromatic carbocycles. The Morgan fingerprint density at radius 3 is 2.72 bits per heavy atom. The number of alkyl halides is 3. The van der Waals surface area contributed by atoms with E-state index in [0.717, 1.165) is 11.3 Å². The zero-order valence-electron chi connectivity index (χ0n) is 8.65. The zero-order valence-corrected chi connectivity index (χ0v) is 11.7. The highest BCUT2D eigenvalue weighted by Crippen LogP contribution is 2.26. The van der Waals surface area contributed by atoms with Crippen molar-refractivity contribution < 1.29 is 19.4 Å². The van der Waals surface area contributed by atoms with Gasteiger partial charge in [-0.1, -0.05) is 34.8 Å². The van der Waals surface area contributed by atoms with Crippen LogP contribution in [-0.4, -0.2) is 32.6 Å². The van der Waals surface area contributed by atoms with Gasteiger partial charge in [-0.05, 0) is 0 Å². The number of aromatic nitrogens is 1. The normalized spacial score (nSPS) is 11.1. The minimum absolute atomic E-state index is 0.209. The molecule has 6 nitrogen and oxygen atoms in total. The van der Waals surface area contributed by atoms with Crippen LogP contribution >= 0.6 is 46.1 Å². The van der Waals surface area contributed by atoms with Crippen molar-refractivity contribution in [2.75, 3.05) is 11.9 Å². The molecule has 1 aromatic heterocycles. The summed E-state index contributed by atoms with van der Waals surface area (Å²) in [5, 5.41) is 12.5. The lowest BCUT2D eigenvalue weighted by molar-refractivity contribution is -0.136. The number of rotatable bonds is 4. The maximum Gasteiger partial charge on any atom is 0.413 e. The molecule has 0 saturated heterocycles. The standard InChI is InChI=1S/C8H7Cl3N2O4S/c9-8(10,11)3-17-7(16)13-6-12-4(2-18-6)1-5(14)15/h2H,1,3H2,(H,14,15)(H,12,13,16). The first-order valence-electron chi connectivity index (χ1n) is 4.43. The summed E-state index contributed by atoms with van der Waals surface area (Å²) in [6.45, 7) is -0.406. The molecule has 0 spiro atoms. The summed E-state index contributed by atoms with van der Waals surface area (Å²) in [5.41, 5.74) is 0.337. The average Bonchev–Trinajstić information content (AvgIpc) is 2.60. The minimum atomic E-state index is -1.69. The predicted octanol–water partition coefficient (Wildman–Crippen LogP) is 2.69. The van der Waals surface area contributed by atoms with E-state index in [1.807, 2.05) is 0 Å². The van der Waals surface area contributed by atoms with Crippen molar-refractivity contribution in [3.05, 3.63) is 11.1 Å². The highest BCUT2D eigenvalue weighted by atomic mass is 35.6. The van der Waals surface area contributed by atoms with Crippen LogP contribution in [0.1, 0.15) is 5.69 Å². The van der Waals surface area contributed by atoms with Gasteiger partial charge in [0, 0.05) is 5.38 Å². The fourth-order valence-corrected chi connectivity index (χ4v) is 1.73. The second-order valence-corrected chi connectivity index (χ2v) is 6.40. The Hall–Kier alpha value is -0.760. The number of hydrogen-bond acceptors (Lipinski definition) is 5. The molecule has 1 aromatic rings. The van der Waals surface area contributed by atoms with E-state index in [2.05, 4.69) is 15.0 Å². The summed E-state index contributed by atoms with van der Waals surface area (Å²) < 4.78 is 2.92. The van der Waals surface area contributed by atoms with Crippen LogP contribution in [0.15, 0.2) is 5.38 Å². The molecule has 0 unspecified atom stereocenters. The minimum Gasteiger partial charge on any atom is -0.481 e. The summed E-state index contributed by atoms with van der Waals surface area (Å²) >= 11 is 17.2. The molecule has 0 aliphatic rings. The van der Waals surface area contributed by atoms with Gasteiger partial charge < -0.3 is 9.84 Å². The van der Waals surface area contributed by atoms with E-state index < -0.39 is 22.5 Å². The molecule has 0 aliphatic carbocycles. The Labute approximate surface area is 121 Å². The number of halogens is 3. The van der Waals surface area contributed by atoms with Crippen molar-refractivity contribution in [2.45, 2.75) is 10.2 Å². The molecule has 10 heteroatoms. The van der Waals surface area contributed by atoms with E-state index in [1.165, 1.54) is 5.38 Å². The van der Waals surface area contributed by atoms with Gasteiger partial charge in [0.1, 0.15) is 6.61 Å². The van der Waals surface area contributed by atoms with Crippen LogP contribution in [0.25, 0.3) is 0 Å². The molecule has 0 atom stereocenters. The smallest absolute Gasteiger partial charge is 0.413 e. The molecule has 0 fully saturated rings. The lowest BCUT2D eigenvalue weighted by Gasteiger charge is -2.10. The molecule has 1 rings (SSSR count). The predicted molar refractivity (Wildman–Crippen MR) is 68.7 cm³/mol. The van der Waals surface area contributed by atoms with Crippen molar-refractivity contribution in [1.29, 1.82) is 0 Å². The highest BCUT2D eigenvalue weighted by Gasteiger charge is 2.22. The van der Waals surface area contributed by atoms with Crippen LogP contribution in [0.4, 0.5) is 9.93 Å². The summed E-state index contributed by atoms with van der Waals surface area (Å²) in [6, 6.07) is 0. The number of hydrogen-bond donors (Lipinski definition) is 2. The third kappa shape index (κ3) is 6.25. The van der Waals surface area contributed by atoms with Gasteiger partial charge in [0.05, 0.1) is 12.1 Å². The first-order chi connectivity index (χ1) is 8.26. The number of carbonyl (C=O) groups is 2. The van der Waals surface area contributed by atoms with E-state index in [9.17, 15) is 9.59 Å². The largest absolute Gasteiger partial charge is 0.481 e. The number of carboxylic acid groups (broad SMARTS) is 1. The van der Waals surface area contributed by atoms with Gasteiger partial charge in [-0.2, -0.15) is 0 Å². The van der Waals surface area contributed by atoms with E-state index >= 15 is 0 Å². The number of amides is 1. The molecule has 18 heavy (non-hydrogen) atoms. The molecule has 2 N–H and O–H groups in total. The first-order valence-corrected chi connectivity index (χ1v) is 6.44. The number of nitrogens with zero attached hydrogens (tertiary/aromatic N) is 1. The first kappa shape index (κ1) is 15.3. The number of carboxylic acids is 1. The van der Waals surface area contributed by atoms with Gasteiger partial charge in [-0.25, -0.2) is 9.78 Å². The van der Waals surface area contributed by atoms with Gasteiger partial charge in [0.2, 0.25) is 3.79 Å². The molecular formula is C8H7Cl3N2O4S. The molecule has 0 saturated carbocycles. The van der Waals surface area contributed by atoms with Gasteiger partial charge in [-0.3, -0.25) is 10.1 Å². The van der Waals surface area contributed by atoms with E-state index in [4.69, 9.17) is 39.9 Å². The number of thiazole rings is 1. The molecule has 100 valence electrons. The number of anilines is 1. The zero-order chi connectivity index (χ0) is 13.8. The number of aliphatic carboxylic acids is 1. The second kappa shape index (κ2) is 6.42. The lowest BCUT2D eigenvalue weighted by Crippen LogP contribution is -2.21. The molecule has 1 amide bonds. The highest BCUT2D eigenvalue weighted by molar-refractivity contribution is 7.13. The Kier molecular flexibility index (Phi) is 5.46. The van der Waals surface area contributed by atoms with Crippen molar-refractivity contribution >= 4 is 63.3 Å². The Morgan fingerprint density at radius 2 is 2.17 bits per heavy atom. The molecular weight excluding hydrogens is 327 g/mol.